The number of alkyl halides is 7. The van der Waals surface area contributed by atoms with Crippen molar-refractivity contribution in [1.29, 1.82) is 0 Å². The van der Waals surface area contributed by atoms with E-state index in [9.17, 15) is 40.3 Å². The molecule has 1 aromatic rings. The molecule has 1 aliphatic heterocycles. The monoisotopic (exact) mass is 508 g/mol. The highest BCUT2D eigenvalue weighted by Gasteiger charge is 2.73. The first-order chi connectivity index (χ1) is 16.2. The number of aryl methyl sites for hydroxylation is 1. The van der Waals surface area contributed by atoms with E-state index in [0.717, 1.165) is 0 Å². The van der Waals surface area contributed by atoms with Crippen molar-refractivity contribution in [1.82, 2.24) is 10.2 Å². The fourth-order valence-corrected chi connectivity index (χ4v) is 6.00. The van der Waals surface area contributed by atoms with E-state index in [2.05, 4.69) is 5.32 Å². The molecule has 0 bridgehead atoms. The number of carbonyl (C=O) groups excluding carboxylic acids is 2. The number of amides is 2. The van der Waals surface area contributed by atoms with Crippen LogP contribution in [0.15, 0.2) is 18.2 Å². The van der Waals surface area contributed by atoms with Crippen LogP contribution in [-0.2, 0) is 21.7 Å². The summed E-state index contributed by atoms with van der Waals surface area (Å²) >= 11 is 0. The Balaban J connectivity index is 1.47. The Morgan fingerprint density at radius 3 is 2.11 bits per heavy atom. The van der Waals surface area contributed by atoms with Gasteiger partial charge in [-0.2, -0.15) is 26.3 Å². The molecule has 0 radical (unpaired) electrons. The Hall–Kier alpha value is -2.33. The standard InChI is InChI=1S/C24H27F7N2O2/c1-13(34)33-10-8-14(9-11-33)21(35)32-20-7-6-18-17-5-3-16(12-15(17)2-4-19(18)20)22(25,23(26,27)28)24(29,30)31/h3,5,12,14,18-20H,2,4,6-11H2,1H3,(H,32,35). The first kappa shape index (κ1) is 25.8. The van der Waals surface area contributed by atoms with Crippen LogP contribution in [0.25, 0.3) is 0 Å². The summed E-state index contributed by atoms with van der Waals surface area (Å²) in [6.07, 6.45) is -9.18. The number of carbonyl (C=O) groups is 2. The summed E-state index contributed by atoms with van der Waals surface area (Å²) in [6, 6.07) is 2.35. The molecule has 1 heterocycles. The molecule has 1 aromatic carbocycles. The van der Waals surface area contributed by atoms with Crippen LogP contribution in [0, 0.1) is 11.8 Å². The number of hydrogen-bond acceptors (Lipinski definition) is 2. The summed E-state index contributed by atoms with van der Waals surface area (Å²) < 4.78 is 93.5. The molecule has 4 nitrogen and oxygen atoms in total. The molecule has 194 valence electrons. The van der Waals surface area contributed by atoms with Gasteiger partial charge >= 0.3 is 18.0 Å². The van der Waals surface area contributed by atoms with Gasteiger partial charge < -0.3 is 10.2 Å². The highest BCUT2D eigenvalue weighted by Crippen LogP contribution is 2.54. The number of fused-ring (bicyclic) bond motifs is 3. The van der Waals surface area contributed by atoms with Crippen LogP contribution in [0.5, 0.6) is 0 Å². The number of nitrogens with one attached hydrogen (secondary N) is 1. The summed E-state index contributed by atoms with van der Waals surface area (Å²) in [6.45, 7) is 2.53. The van der Waals surface area contributed by atoms with Gasteiger partial charge in [0.05, 0.1) is 0 Å². The summed E-state index contributed by atoms with van der Waals surface area (Å²) in [7, 11) is 0. The largest absolute Gasteiger partial charge is 0.435 e. The zero-order chi connectivity index (χ0) is 25.8. The van der Waals surface area contributed by atoms with E-state index >= 15 is 0 Å². The summed E-state index contributed by atoms with van der Waals surface area (Å²) in [4.78, 5) is 26.0. The molecule has 3 atom stereocenters. The van der Waals surface area contributed by atoms with Crippen molar-refractivity contribution in [3.8, 4) is 0 Å². The first-order valence-electron chi connectivity index (χ1n) is 11.8. The van der Waals surface area contributed by atoms with Crippen molar-refractivity contribution in [3.63, 3.8) is 0 Å². The summed E-state index contributed by atoms with van der Waals surface area (Å²) in [5.74, 6) is -0.427. The van der Waals surface area contributed by atoms with Crippen LogP contribution >= 0.6 is 0 Å². The number of nitrogens with zero attached hydrogens (tertiary/aromatic N) is 1. The van der Waals surface area contributed by atoms with Crippen molar-refractivity contribution in [2.24, 2.45) is 11.8 Å². The van der Waals surface area contributed by atoms with E-state index in [4.69, 9.17) is 0 Å². The van der Waals surface area contributed by atoms with E-state index in [1.807, 2.05) is 0 Å². The van der Waals surface area contributed by atoms with Gasteiger partial charge in [0, 0.05) is 37.5 Å². The molecule has 1 saturated heterocycles. The molecule has 2 fully saturated rings. The normalized spacial score (nSPS) is 25.7. The van der Waals surface area contributed by atoms with Crippen molar-refractivity contribution in [2.75, 3.05) is 13.1 Å². The first-order valence-corrected chi connectivity index (χ1v) is 11.8. The lowest BCUT2D eigenvalue weighted by molar-refractivity contribution is -0.348. The third kappa shape index (κ3) is 4.50. The molecular formula is C24H27F7N2O2. The second-order valence-corrected chi connectivity index (χ2v) is 9.85. The fraction of sp³-hybridized carbons (Fsp3) is 0.667. The van der Waals surface area contributed by atoms with E-state index in [-0.39, 0.29) is 42.0 Å². The molecular weight excluding hydrogens is 481 g/mol. The predicted molar refractivity (Wildman–Crippen MR) is 112 cm³/mol. The van der Waals surface area contributed by atoms with Gasteiger partial charge in [0.1, 0.15) is 0 Å². The molecule has 0 aromatic heterocycles. The number of halogens is 7. The Morgan fingerprint density at radius 2 is 1.54 bits per heavy atom. The van der Waals surface area contributed by atoms with Crippen LogP contribution in [0.4, 0.5) is 30.7 Å². The topological polar surface area (TPSA) is 49.4 Å². The van der Waals surface area contributed by atoms with Gasteiger partial charge in [0.25, 0.3) is 0 Å². The third-order valence-corrected chi connectivity index (χ3v) is 7.93. The van der Waals surface area contributed by atoms with Gasteiger partial charge in [-0.05, 0) is 61.5 Å². The molecule has 2 aliphatic carbocycles. The highest BCUT2D eigenvalue weighted by atomic mass is 19.4. The molecule has 0 spiro atoms. The van der Waals surface area contributed by atoms with Gasteiger partial charge in [-0.1, -0.05) is 18.2 Å². The second kappa shape index (κ2) is 8.96. The Bertz CT molecular complexity index is 969. The summed E-state index contributed by atoms with van der Waals surface area (Å²) in [5, 5.41) is 3.10. The number of piperidine rings is 1. The highest BCUT2D eigenvalue weighted by molar-refractivity contribution is 5.80. The maximum atomic E-state index is 14.5. The molecule has 35 heavy (non-hydrogen) atoms. The molecule has 3 aliphatic rings. The maximum Gasteiger partial charge on any atom is 0.435 e. The van der Waals surface area contributed by atoms with Gasteiger partial charge in [-0.15, -0.1) is 0 Å². The van der Waals surface area contributed by atoms with E-state index in [1.165, 1.54) is 13.0 Å². The Kier molecular flexibility index (Phi) is 6.59. The predicted octanol–water partition coefficient (Wildman–Crippen LogP) is 5.16. The zero-order valence-electron chi connectivity index (χ0n) is 19.1. The average Bonchev–Trinajstić information content (AvgIpc) is 3.19. The average molecular weight is 508 g/mol. The lowest BCUT2D eigenvalue weighted by atomic mass is 9.74. The van der Waals surface area contributed by atoms with Crippen molar-refractivity contribution in [2.45, 2.75) is 75.4 Å². The molecule has 2 amide bonds. The van der Waals surface area contributed by atoms with Crippen molar-refractivity contribution in [3.05, 3.63) is 34.9 Å². The lowest BCUT2D eigenvalue weighted by Gasteiger charge is -2.35. The quantitative estimate of drug-likeness (QED) is 0.574. The van der Waals surface area contributed by atoms with Gasteiger partial charge in [-0.3, -0.25) is 9.59 Å². The molecule has 4 rings (SSSR count). The minimum absolute atomic E-state index is 0.00924. The summed E-state index contributed by atoms with van der Waals surface area (Å²) in [5.41, 5.74) is -5.96. The van der Waals surface area contributed by atoms with Gasteiger partial charge in [0.2, 0.25) is 11.8 Å². The fourth-order valence-electron chi connectivity index (χ4n) is 6.00. The van der Waals surface area contributed by atoms with E-state index in [0.29, 0.717) is 68.5 Å². The SMILES string of the molecule is CC(=O)N1CCC(C(=O)NC2CCC3c4ccc(C(F)(C(F)(F)F)C(F)(F)F)cc4CCC23)CC1. The minimum Gasteiger partial charge on any atom is -0.353 e. The van der Waals surface area contributed by atoms with Gasteiger partial charge in [-0.25, -0.2) is 4.39 Å². The zero-order valence-corrected chi connectivity index (χ0v) is 19.1. The molecule has 1 N–H and O–H groups in total. The third-order valence-electron chi connectivity index (χ3n) is 7.93. The maximum absolute atomic E-state index is 14.5. The van der Waals surface area contributed by atoms with Crippen molar-refractivity contribution >= 4 is 11.8 Å². The van der Waals surface area contributed by atoms with Gasteiger partial charge in [0.15, 0.2) is 0 Å². The number of likely N-dealkylation sites (tertiary alicyclic amines) is 1. The number of rotatable bonds is 3. The van der Waals surface area contributed by atoms with Crippen LogP contribution in [0.3, 0.4) is 0 Å². The Morgan fingerprint density at radius 1 is 0.914 bits per heavy atom. The van der Waals surface area contributed by atoms with Crippen LogP contribution in [0.1, 0.15) is 61.6 Å². The Labute approximate surface area is 198 Å². The minimum atomic E-state index is -6.14. The van der Waals surface area contributed by atoms with Crippen molar-refractivity contribution < 1.29 is 40.3 Å². The number of benzene rings is 1. The van der Waals surface area contributed by atoms with Crippen LogP contribution in [-0.4, -0.2) is 48.2 Å². The lowest BCUT2D eigenvalue weighted by Crippen LogP contribution is -2.50. The molecule has 11 heteroatoms. The smallest absolute Gasteiger partial charge is 0.353 e. The van der Waals surface area contributed by atoms with Crippen LogP contribution in [0.2, 0.25) is 0 Å². The number of hydrogen-bond donors (Lipinski definition) is 1. The second-order valence-electron chi connectivity index (χ2n) is 9.85. The molecule has 3 unspecified atom stereocenters. The molecule has 1 saturated carbocycles. The van der Waals surface area contributed by atoms with E-state index < -0.39 is 23.6 Å². The van der Waals surface area contributed by atoms with E-state index in [1.54, 1.807) is 4.90 Å². The van der Waals surface area contributed by atoms with Crippen LogP contribution < -0.4 is 5.32 Å².